The fraction of sp³-hybridized carbons (Fsp3) is 0.256. The topological polar surface area (TPSA) is 111 Å². The van der Waals surface area contributed by atoms with Crippen LogP contribution in [0.25, 0.3) is 32.8 Å². The van der Waals surface area contributed by atoms with Gasteiger partial charge in [-0.2, -0.15) is 0 Å². The summed E-state index contributed by atoms with van der Waals surface area (Å²) in [5.74, 6) is 0.281. The molecule has 256 valence electrons. The van der Waals surface area contributed by atoms with Crippen molar-refractivity contribution in [2.75, 3.05) is 25.5 Å². The minimum atomic E-state index is -0.635. The van der Waals surface area contributed by atoms with Gasteiger partial charge in [0.1, 0.15) is 11.4 Å². The fourth-order valence-corrected chi connectivity index (χ4v) is 6.04. The minimum absolute atomic E-state index is 0.345. The SMILES string of the molecule is COC(=O)c1ccc2c(c1)nc(NCCn1cnc(CCN(Cc3ccc(-c4ccccc4)c(Cl)c3)C(=O)OC(C)(C)C)c1)c1ccncc12. The third kappa shape index (κ3) is 8.20. The number of nitrogens with zero attached hydrogens (tertiary/aromatic N) is 5. The quantitative estimate of drug-likeness (QED) is 0.107. The predicted molar refractivity (Wildman–Crippen MR) is 196 cm³/mol. The number of benzene rings is 3. The molecule has 3 aromatic carbocycles. The lowest BCUT2D eigenvalue weighted by atomic mass is 10.0. The number of imidazole rings is 1. The number of halogens is 1. The minimum Gasteiger partial charge on any atom is -0.465 e. The number of rotatable bonds is 11. The van der Waals surface area contributed by atoms with Gasteiger partial charge < -0.3 is 24.3 Å². The molecule has 0 saturated heterocycles. The molecule has 11 heteroatoms. The van der Waals surface area contributed by atoms with Crippen LogP contribution in [-0.4, -0.2) is 62.3 Å². The summed E-state index contributed by atoms with van der Waals surface area (Å²) in [5, 5.41) is 6.84. The summed E-state index contributed by atoms with van der Waals surface area (Å²) >= 11 is 6.69. The number of esters is 1. The molecule has 0 aliphatic heterocycles. The van der Waals surface area contributed by atoms with Gasteiger partial charge in [0.15, 0.2) is 0 Å². The number of nitrogens with one attached hydrogen (secondary N) is 1. The molecule has 0 atom stereocenters. The fourth-order valence-electron chi connectivity index (χ4n) is 5.73. The molecule has 3 heterocycles. The van der Waals surface area contributed by atoms with Crippen LogP contribution < -0.4 is 5.32 Å². The zero-order chi connectivity index (χ0) is 35.3. The monoisotopic (exact) mass is 690 g/mol. The second-order valence-electron chi connectivity index (χ2n) is 13.0. The maximum Gasteiger partial charge on any atom is 0.410 e. The number of ether oxygens (including phenoxy) is 2. The number of carbonyl (C=O) groups excluding carboxylic acids is 2. The molecule has 0 bridgehead atoms. The Morgan fingerprint density at radius 3 is 2.56 bits per heavy atom. The van der Waals surface area contributed by atoms with Crippen molar-refractivity contribution in [3.05, 3.63) is 120 Å². The van der Waals surface area contributed by atoms with Crippen LogP contribution in [-0.2, 0) is 29.0 Å². The molecule has 0 spiro atoms. The first kappa shape index (κ1) is 34.4. The Bertz CT molecular complexity index is 2140. The second kappa shape index (κ2) is 15.0. The average molecular weight is 691 g/mol. The van der Waals surface area contributed by atoms with E-state index in [0.29, 0.717) is 54.5 Å². The molecule has 3 aromatic heterocycles. The van der Waals surface area contributed by atoms with Gasteiger partial charge in [0.2, 0.25) is 0 Å². The van der Waals surface area contributed by atoms with Crippen molar-refractivity contribution in [1.82, 2.24) is 24.4 Å². The van der Waals surface area contributed by atoms with Gasteiger partial charge in [-0.15, -0.1) is 0 Å². The van der Waals surface area contributed by atoms with Crippen molar-refractivity contribution >= 4 is 51.2 Å². The van der Waals surface area contributed by atoms with E-state index in [1.807, 2.05) is 92.2 Å². The summed E-state index contributed by atoms with van der Waals surface area (Å²) in [6, 6.07) is 23.1. The average Bonchev–Trinajstić information content (AvgIpc) is 3.56. The molecule has 6 rings (SSSR count). The number of methoxy groups -OCH3 is 1. The lowest BCUT2D eigenvalue weighted by Gasteiger charge is -2.27. The molecule has 0 aliphatic carbocycles. The van der Waals surface area contributed by atoms with Crippen molar-refractivity contribution in [2.24, 2.45) is 0 Å². The first-order chi connectivity index (χ1) is 24.1. The van der Waals surface area contributed by atoms with E-state index in [1.54, 1.807) is 35.8 Å². The van der Waals surface area contributed by atoms with E-state index in [1.165, 1.54) is 7.11 Å². The van der Waals surface area contributed by atoms with Gasteiger partial charge in [0.25, 0.3) is 0 Å². The van der Waals surface area contributed by atoms with Gasteiger partial charge in [0.05, 0.1) is 30.2 Å². The molecule has 6 aromatic rings. The van der Waals surface area contributed by atoms with Crippen molar-refractivity contribution in [3.8, 4) is 11.1 Å². The highest BCUT2D eigenvalue weighted by atomic mass is 35.5. The van der Waals surface area contributed by atoms with E-state index in [0.717, 1.165) is 38.5 Å². The Morgan fingerprint density at radius 1 is 0.980 bits per heavy atom. The summed E-state index contributed by atoms with van der Waals surface area (Å²) in [4.78, 5) is 40.9. The molecule has 0 aliphatic rings. The summed E-state index contributed by atoms with van der Waals surface area (Å²) in [5.41, 5.74) is 4.20. The van der Waals surface area contributed by atoms with Crippen LogP contribution in [0.5, 0.6) is 0 Å². The second-order valence-corrected chi connectivity index (χ2v) is 13.4. The molecule has 1 N–H and O–H groups in total. The van der Waals surface area contributed by atoms with Crippen molar-refractivity contribution < 1.29 is 19.1 Å². The smallest absolute Gasteiger partial charge is 0.410 e. The lowest BCUT2D eigenvalue weighted by molar-refractivity contribution is 0.0235. The maximum absolute atomic E-state index is 13.3. The molecular weight excluding hydrogens is 652 g/mol. The zero-order valence-corrected chi connectivity index (χ0v) is 29.3. The van der Waals surface area contributed by atoms with Crippen LogP contribution >= 0.6 is 11.6 Å². The Labute approximate surface area is 296 Å². The van der Waals surface area contributed by atoms with E-state index in [2.05, 4.69) is 15.3 Å². The standard InChI is InChI=1S/C39H39ClN6O4/c1-39(2,3)50-38(48)46(23-26-10-12-30(34(40)20-26)27-8-6-5-7-9-27)18-15-29-24-45(25-43-29)19-17-42-36-32-14-16-41-22-33(32)31-13-11-28(37(47)49-4)21-35(31)44-36/h5-14,16,20-22,24-25H,15,17-19,23H2,1-4H3,(H,42,44). The summed E-state index contributed by atoms with van der Waals surface area (Å²) < 4.78 is 12.6. The largest absolute Gasteiger partial charge is 0.465 e. The molecule has 1 amide bonds. The van der Waals surface area contributed by atoms with Gasteiger partial charge in [-0.25, -0.2) is 19.6 Å². The third-order valence-electron chi connectivity index (χ3n) is 8.15. The number of fused-ring (bicyclic) bond motifs is 3. The molecular formula is C39H39ClN6O4. The number of anilines is 1. The number of aromatic nitrogens is 4. The Hall–Kier alpha value is -5.48. The molecule has 0 fully saturated rings. The van der Waals surface area contributed by atoms with Crippen LogP contribution in [0.2, 0.25) is 5.02 Å². The van der Waals surface area contributed by atoms with Crippen LogP contribution in [0.1, 0.15) is 42.4 Å². The van der Waals surface area contributed by atoms with E-state index in [4.69, 9.17) is 26.1 Å². The Morgan fingerprint density at radius 2 is 1.80 bits per heavy atom. The van der Waals surface area contributed by atoms with Crippen molar-refractivity contribution in [1.29, 1.82) is 0 Å². The predicted octanol–water partition coefficient (Wildman–Crippen LogP) is 8.18. The van der Waals surface area contributed by atoms with E-state index < -0.39 is 17.7 Å². The van der Waals surface area contributed by atoms with Gasteiger partial charge in [-0.1, -0.05) is 60.1 Å². The van der Waals surface area contributed by atoms with Gasteiger partial charge >= 0.3 is 12.1 Å². The normalized spacial score (nSPS) is 11.5. The number of hydrogen-bond acceptors (Lipinski definition) is 8. The lowest BCUT2D eigenvalue weighted by Crippen LogP contribution is -2.37. The summed E-state index contributed by atoms with van der Waals surface area (Å²) in [6.07, 6.45) is 7.46. The number of pyridine rings is 2. The number of amides is 1. The van der Waals surface area contributed by atoms with Crippen LogP contribution in [0.4, 0.5) is 10.6 Å². The zero-order valence-electron chi connectivity index (χ0n) is 28.5. The first-order valence-electron chi connectivity index (χ1n) is 16.4. The molecule has 50 heavy (non-hydrogen) atoms. The van der Waals surface area contributed by atoms with Gasteiger partial charge in [-0.3, -0.25) is 4.98 Å². The summed E-state index contributed by atoms with van der Waals surface area (Å²) in [7, 11) is 1.36. The maximum atomic E-state index is 13.3. The van der Waals surface area contributed by atoms with Crippen LogP contribution in [0, 0.1) is 0 Å². The van der Waals surface area contributed by atoms with E-state index in [9.17, 15) is 9.59 Å². The van der Waals surface area contributed by atoms with Crippen molar-refractivity contribution in [2.45, 2.75) is 45.9 Å². The van der Waals surface area contributed by atoms with E-state index >= 15 is 0 Å². The molecule has 0 unspecified atom stereocenters. The van der Waals surface area contributed by atoms with Gasteiger partial charge in [-0.05, 0) is 56.2 Å². The van der Waals surface area contributed by atoms with Crippen LogP contribution in [0.15, 0.2) is 97.7 Å². The Balaban J connectivity index is 1.12. The van der Waals surface area contributed by atoms with Gasteiger partial charge in [0, 0.05) is 77.9 Å². The number of hydrogen-bond donors (Lipinski definition) is 1. The van der Waals surface area contributed by atoms with E-state index in [-0.39, 0.29) is 0 Å². The highest BCUT2D eigenvalue weighted by Gasteiger charge is 2.23. The molecule has 0 radical (unpaired) electrons. The molecule has 0 saturated carbocycles. The van der Waals surface area contributed by atoms with Crippen molar-refractivity contribution in [3.63, 3.8) is 0 Å². The number of carbonyl (C=O) groups is 2. The van der Waals surface area contributed by atoms with Crippen LogP contribution in [0.3, 0.4) is 0 Å². The Kier molecular flexibility index (Phi) is 10.3. The highest BCUT2D eigenvalue weighted by molar-refractivity contribution is 6.33. The molecule has 10 nitrogen and oxygen atoms in total. The first-order valence-corrected chi connectivity index (χ1v) is 16.8. The highest BCUT2D eigenvalue weighted by Crippen LogP contribution is 2.30. The third-order valence-corrected chi connectivity index (χ3v) is 8.46. The summed E-state index contributed by atoms with van der Waals surface area (Å²) in [6.45, 7) is 7.54.